The number of carbonyl (C=O) groups is 3. The molecule has 230 valence electrons. The summed E-state index contributed by atoms with van der Waals surface area (Å²) in [7, 11) is 1.31. The van der Waals surface area contributed by atoms with E-state index in [0.29, 0.717) is 38.8 Å². The smallest absolute Gasteiger partial charge is 0.328 e. The Labute approximate surface area is 239 Å². The van der Waals surface area contributed by atoms with E-state index < -0.39 is 23.5 Å². The third kappa shape index (κ3) is 19.1. The quantitative estimate of drug-likeness (QED) is 0.0823. The minimum atomic E-state index is -0.753. The van der Waals surface area contributed by atoms with Gasteiger partial charge in [0.05, 0.1) is 7.11 Å². The lowest BCUT2D eigenvalue weighted by Crippen LogP contribution is -2.53. The van der Waals surface area contributed by atoms with E-state index in [1.807, 2.05) is 13.8 Å². The number of methoxy groups -OCH3 is 1. The van der Waals surface area contributed by atoms with E-state index in [1.54, 1.807) is 0 Å². The zero-order valence-electron chi connectivity index (χ0n) is 25.8. The molecule has 0 aromatic heterocycles. The zero-order valence-corrected chi connectivity index (χ0v) is 25.8. The van der Waals surface area contributed by atoms with Crippen LogP contribution in [0.4, 0.5) is 0 Å². The summed E-state index contributed by atoms with van der Waals surface area (Å²) in [5.74, 6) is -0.972. The van der Waals surface area contributed by atoms with Crippen molar-refractivity contribution in [1.82, 2.24) is 10.6 Å². The number of rotatable bonds is 26. The molecule has 0 saturated heterocycles. The molecule has 0 saturated carbocycles. The lowest BCUT2D eigenvalue weighted by Gasteiger charge is -2.28. The third-order valence-electron chi connectivity index (χ3n) is 7.59. The molecule has 0 heterocycles. The number of nitrogens with two attached hydrogens (primary N) is 2. The van der Waals surface area contributed by atoms with Crippen molar-refractivity contribution < 1.29 is 19.1 Å². The summed E-state index contributed by atoms with van der Waals surface area (Å²) in [6.45, 7) is 7.19. The minimum Gasteiger partial charge on any atom is -0.467 e. The molecule has 39 heavy (non-hydrogen) atoms. The molecule has 0 radical (unpaired) electrons. The van der Waals surface area contributed by atoms with Crippen LogP contribution in [0.15, 0.2) is 0 Å². The maximum Gasteiger partial charge on any atom is 0.328 e. The van der Waals surface area contributed by atoms with Gasteiger partial charge in [-0.15, -0.1) is 0 Å². The first-order chi connectivity index (χ1) is 18.7. The highest BCUT2D eigenvalue weighted by molar-refractivity contribution is 5.92. The lowest BCUT2D eigenvalue weighted by molar-refractivity contribution is -0.145. The maximum atomic E-state index is 13.2. The number of carbonyl (C=O) groups excluding carboxylic acids is 3. The SMILES string of the molecule is CCCCCCCCCCCCCCC(C)(C)C(=O)N[C@@H](CCCCN)C(=O)N[C@@H](CCCCN)C(=O)OC. The van der Waals surface area contributed by atoms with Gasteiger partial charge in [0, 0.05) is 5.41 Å². The van der Waals surface area contributed by atoms with Gasteiger partial charge in [-0.25, -0.2) is 4.79 Å². The Morgan fingerprint density at radius 1 is 0.667 bits per heavy atom. The molecule has 2 atom stereocenters. The van der Waals surface area contributed by atoms with Crippen LogP contribution in [0.5, 0.6) is 0 Å². The molecule has 6 N–H and O–H groups in total. The van der Waals surface area contributed by atoms with E-state index in [1.165, 1.54) is 71.3 Å². The predicted octanol–water partition coefficient (Wildman–Crippen LogP) is 5.50. The van der Waals surface area contributed by atoms with Gasteiger partial charge in [0.25, 0.3) is 0 Å². The molecule has 0 aromatic carbocycles. The summed E-state index contributed by atoms with van der Waals surface area (Å²) >= 11 is 0. The van der Waals surface area contributed by atoms with Crippen LogP contribution in [-0.4, -0.2) is 50.1 Å². The summed E-state index contributed by atoms with van der Waals surface area (Å²) in [6.07, 6.45) is 20.0. The molecule has 8 heteroatoms. The van der Waals surface area contributed by atoms with Gasteiger partial charge in [-0.05, 0) is 58.0 Å². The van der Waals surface area contributed by atoms with Crippen LogP contribution in [0.2, 0.25) is 0 Å². The first-order valence-corrected chi connectivity index (χ1v) is 15.8. The third-order valence-corrected chi connectivity index (χ3v) is 7.59. The van der Waals surface area contributed by atoms with Crippen molar-refractivity contribution in [2.45, 2.75) is 155 Å². The van der Waals surface area contributed by atoms with Crippen molar-refractivity contribution in [3.63, 3.8) is 0 Å². The highest BCUT2D eigenvalue weighted by Gasteiger charge is 2.32. The van der Waals surface area contributed by atoms with Gasteiger partial charge in [-0.1, -0.05) is 97.8 Å². The van der Waals surface area contributed by atoms with Crippen molar-refractivity contribution in [2.24, 2.45) is 16.9 Å². The van der Waals surface area contributed by atoms with Gasteiger partial charge in [-0.2, -0.15) is 0 Å². The summed E-state index contributed by atoms with van der Waals surface area (Å²) in [6, 6.07) is -1.47. The van der Waals surface area contributed by atoms with Crippen LogP contribution in [0.25, 0.3) is 0 Å². The Bertz CT molecular complexity index is 642. The monoisotopic (exact) mass is 554 g/mol. The molecule has 0 unspecified atom stereocenters. The van der Waals surface area contributed by atoms with E-state index in [-0.39, 0.29) is 11.8 Å². The second kappa shape index (κ2) is 24.2. The molecule has 0 aliphatic heterocycles. The summed E-state index contributed by atoms with van der Waals surface area (Å²) < 4.78 is 4.88. The van der Waals surface area contributed by atoms with Gasteiger partial charge < -0.3 is 26.8 Å². The second-order valence-electron chi connectivity index (χ2n) is 11.7. The number of amides is 2. The van der Waals surface area contributed by atoms with Gasteiger partial charge in [0.1, 0.15) is 12.1 Å². The molecule has 0 aromatic rings. The van der Waals surface area contributed by atoms with Crippen LogP contribution in [-0.2, 0) is 19.1 Å². The Morgan fingerprint density at radius 2 is 1.13 bits per heavy atom. The van der Waals surface area contributed by atoms with Crippen LogP contribution in [0.3, 0.4) is 0 Å². The first-order valence-electron chi connectivity index (χ1n) is 15.8. The fraction of sp³-hybridized carbons (Fsp3) is 0.903. The van der Waals surface area contributed by atoms with Gasteiger partial charge in [0.2, 0.25) is 11.8 Å². The van der Waals surface area contributed by atoms with Gasteiger partial charge >= 0.3 is 5.97 Å². The zero-order chi connectivity index (χ0) is 29.4. The van der Waals surface area contributed by atoms with Crippen molar-refractivity contribution in [3.8, 4) is 0 Å². The molecule has 0 spiro atoms. The number of hydrogen-bond acceptors (Lipinski definition) is 6. The fourth-order valence-corrected chi connectivity index (χ4v) is 4.79. The summed E-state index contributed by atoms with van der Waals surface area (Å²) in [5, 5.41) is 5.78. The molecule has 0 aliphatic rings. The molecule has 2 amide bonds. The standard InChI is InChI=1S/C31H62N4O4/c1-5-6-7-8-9-10-11-12-13-14-15-18-23-31(2,3)30(38)35-26(21-16-19-24-32)28(36)34-27(29(37)39-4)22-17-20-25-33/h26-27H,5-25,32-33H2,1-4H3,(H,34,36)(H,35,38)/t26-,27-/m0/s1. The van der Waals surface area contributed by atoms with E-state index in [9.17, 15) is 14.4 Å². The number of nitrogens with one attached hydrogen (secondary N) is 2. The highest BCUT2D eigenvalue weighted by atomic mass is 16.5. The Balaban J connectivity index is 4.65. The van der Waals surface area contributed by atoms with E-state index >= 15 is 0 Å². The molecule has 0 rings (SSSR count). The van der Waals surface area contributed by atoms with E-state index in [2.05, 4.69) is 17.6 Å². The maximum absolute atomic E-state index is 13.2. The molecular formula is C31H62N4O4. The molecule has 8 nitrogen and oxygen atoms in total. The van der Waals surface area contributed by atoms with Gasteiger partial charge in [-0.3, -0.25) is 9.59 Å². The molecule has 0 aliphatic carbocycles. The van der Waals surface area contributed by atoms with Crippen LogP contribution < -0.4 is 22.1 Å². The lowest BCUT2D eigenvalue weighted by atomic mass is 9.85. The van der Waals surface area contributed by atoms with Crippen molar-refractivity contribution >= 4 is 17.8 Å². The summed E-state index contributed by atoms with van der Waals surface area (Å²) in [5.41, 5.74) is 10.6. The van der Waals surface area contributed by atoms with Crippen LogP contribution >= 0.6 is 0 Å². The fourth-order valence-electron chi connectivity index (χ4n) is 4.79. The molecule has 0 fully saturated rings. The molecular weight excluding hydrogens is 492 g/mol. The van der Waals surface area contributed by atoms with Gasteiger partial charge in [0.15, 0.2) is 0 Å². The number of esters is 1. The van der Waals surface area contributed by atoms with E-state index in [0.717, 1.165) is 32.1 Å². The van der Waals surface area contributed by atoms with Crippen molar-refractivity contribution in [2.75, 3.05) is 20.2 Å². The number of unbranched alkanes of at least 4 members (excludes halogenated alkanes) is 13. The van der Waals surface area contributed by atoms with Crippen LogP contribution in [0, 0.1) is 5.41 Å². The molecule has 0 bridgehead atoms. The predicted molar refractivity (Wildman–Crippen MR) is 161 cm³/mol. The Hall–Kier alpha value is -1.67. The topological polar surface area (TPSA) is 137 Å². The van der Waals surface area contributed by atoms with Crippen molar-refractivity contribution in [1.29, 1.82) is 0 Å². The van der Waals surface area contributed by atoms with Crippen LogP contribution in [0.1, 0.15) is 143 Å². The highest BCUT2D eigenvalue weighted by Crippen LogP contribution is 2.25. The van der Waals surface area contributed by atoms with Crippen molar-refractivity contribution in [3.05, 3.63) is 0 Å². The average molecular weight is 555 g/mol. The first kappa shape index (κ1) is 37.3. The normalized spacial score (nSPS) is 13.1. The minimum absolute atomic E-state index is 0.128. The second-order valence-corrected chi connectivity index (χ2v) is 11.7. The summed E-state index contributed by atoms with van der Waals surface area (Å²) in [4.78, 5) is 38.6. The Morgan fingerprint density at radius 3 is 1.59 bits per heavy atom. The Kier molecular flexibility index (Phi) is 23.1. The largest absolute Gasteiger partial charge is 0.467 e. The van der Waals surface area contributed by atoms with E-state index in [4.69, 9.17) is 16.2 Å². The average Bonchev–Trinajstić information content (AvgIpc) is 2.92. The number of hydrogen-bond donors (Lipinski definition) is 4. The number of ether oxygens (including phenoxy) is 1.